The average molecular weight is 316 g/mol. The number of rotatable bonds is 7. The molecule has 5 nitrogen and oxygen atoms in total. The van der Waals surface area contributed by atoms with Gasteiger partial charge in [-0.05, 0) is 18.9 Å². The van der Waals surface area contributed by atoms with Crippen molar-refractivity contribution in [1.29, 1.82) is 0 Å². The number of carbonyl (C=O) groups is 2. The maximum atomic E-state index is 12.3. The number of likely N-dealkylation sites (tertiary alicyclic amines) is 1. The number of methoxy groups -OCH3 is 1. The molecule has 1 saturated heterocycles. The van der Waals surface area contributed by atoms with Crippen LogP contribution in [0.3, 0.4) is 0 Å². The molecule has 1 aliphatic heterocycles. The predicted octanol–water partition coefficient (Wildman–Crippen LogP) is 1.84. The molecular weight excluding hydrogens is 292 g/mol. The third-order valence-corrected chi connectivity index (χ3v) is 4.20. The van der Waals surface area contributed by atoms with E-state index >= 15 is 0 Å². The summed E-state index contributed by atoms with van der Waals surface area (Å²) in [7, 11) is 1.59. The van der Waals surface area contributed by atoms with Crippen molar-refractivity contribution in [1.82, 2.24) is 10.2 Å². The summed E-state index contributed by atoms with van der Waals surface area (Å²) in [6.07, 6.45) is 4.77. The normalized spacial score (nSPS) is 20.3. The fourth-order valence-electron chi connectivity index (χ4n) is 2.62. The molecule has 0 saturated carbocycles. The molecule has 2 amide bonds. The number of amides is 2. The lowest BCUT2D eigenvalue weighted by Gasteiger charge is -2.49. The number of nitrogens with zero attached hydrogens (tertiary/aromatic N) is 1. The van der Waals surface area contributed by atoms with Crippen LogP contribution in [-0.2, 0) is 14.3 Å². The molecule has 1 fully saturated rings. The summed E-state index contributed by atoms with van der Waals surface area (Å²) in [5.74, 6) is -0.131. The topological polar surface area (TPSA) is 58.6 Å². The molecule has 23 heavy (non-hydrogen) atoms. The molecule has 5 heteroatoms. The first-order valence-electron chi connectivity index (χ1n) is 7.87. The second-order valence-electron chi connectivity index (χ2n) is 5.84. The van der Waals surface area contributed by atoms with Gasteiger partial charge in [-0.3, -0.25) is 9.59 Å². The predicted molar refractivity (Wildman–Crippen MR) is 89.7 cm³/mol. The number of carbonyl (C=O) groups excluding carboxylic acids is 2. The van der Waals surface area contributed by atoms with E-state index in [1.165, 1.54) is 0 Å². The number of hydrogen-bond donors (Lipinski definition) is 1. The minimum absolute atomic E-state index is 0.0205. The second kappa shape index (κ2) is 7.92. The van der Waals surface area contributed by atoms with Gasteiger partial charge in [0.05, 0.1) is 6.61 Å². The molecule has 2 rings (SSSR count). The highest BCUT2D eigenvalue weighted by molar-refractivity contribution is 5.93. The van der Waals surface area contributed by atoms with Crippen molar-refractivity contribution in [2.75, 3.05) is 26.8 Å². The van der Waals surface area contributed by atoms with Gasteiger partial charge in [0.2, 0.25) is 11.8 Å². The summed E-state index contributed by atoms with van der Waals surface area (Å²) < 4.78 is 4.92. The largest absolute Gasteiger partial charge is 0.383 e. The quantitative estimate of drug-likeness (QED) is 0.781. The summed E-state index contributed by atoms with van der Waals surface area (Å²) in [5.41, 5.74) is 0.328. The Bertz CT molecular complexity index is 571. The third-order valence-electron chi connectivity index (χ3n) is 4.20. The highest BCUT2D eigenvalue weighted by Gasteiger charge is 2.48. The van der Waals surface area contributed by atoms with Gasteiger partial charge < -0.3 is 15.0 Å². The summed E-state index contributed by atoms with van der Waals surface area (Å²) in [5, 5.41) is 2.82. The van der Waals surface area contributed by atoms with E-state index in [0.29, 0.717) is 32.5 Å². The number of hydrogen-bond acceptors (Lipinski definition) is 3. The zero-order valence-corrected chi connectivity index (χ0v) is 13.7. The van der Waals surface area contributed by atoms with Gasteiger partial charge in [-0.15, -0.1) is 0 Å². The van der Waals surface area contributed by atoms with E-state index in [4.69, 9.17) is 4.74 Å². The van der Waals surface area contributed by atoms with Crippen molar-refractivity contribution >= 4 is 17.9 Å². The minimum atomic E-state index is -0.731. The number of ether oxygens (including phenoxy) is 1. The Morgan fingerprint density at radius 2 is 2.09 bits per heavy atom. The van der Waals surface area contributed by atoms with Crippen molar-refractivity contribution in [3.05, 3.63) is 42.0 Å². The lowest BCUT2D eigenvalue weighted by molar-refractivity contribution is -0.156. The van der Waals surface area contributed by atoms with Crippen LogP contribution in [0.2, 0.25) is 0 Å². The highest BCUT2D eigenvalue weighted by atomic mass is 16.5. The SMILES string of the molecule is COCCNC(=O)C1(C)CCN1C(=O)C/C=C/c1ccccc1. The first kappa shape index (κ1) is 17.2. The summed E-state index contributed by atoms with van der Waals surface area (Å²) in [6, 6.07) is 9.84. The monoisotopic (exact) mass is 316 g/mol. The van der Waals surface area contributed by atoms with Crippen molar-refractivity contribution < 1.29 is 14.3 Å². The van der Waals surface area contributed by atoms with Crippen molar-refractivity contribution in [2.24, 2.45) is 0 Å². The molecule has 1 aromatic carbocycles. The number of nitrogens with one attached hydrogen (secondary N) is 1. The van der Waals surface area contributed by atoms with E-state index in [0.717, 1.165) is 5.56 Å². The maximum absolute atomic E-state index is 12.3. The number of benzene rings is 1. The Kier molecular flexibility index (Phi) is 5.93. The van der Waals surface area contributed by atoms with Crippen LogP contribution in [0.1, 0.15) is 25.3 Å². The van der Waals surface area contributed by atoms with Crippen molar-refractivity contribution in [3.63, 3.8) is 0 Å². The lowest BCUT2D eigenvalue weighted by atomic mass is 9.85. The first-order chi connectivity index (χ1) is 11.1. The molecule has 124 valence electrons. The van der Waals surface area contributed by atoms with Crippen LogP contribution in [0.25, 0.3) is 6.08 Å². The first-order valence-corrected chi connectivity index (χ1v) is 7.87. The zero-order chi connectivity index (χ0) is 16.7. The Morgan fingerprint density at radius 3 is 2.70 bits per heavy atom. The molecule has 0 aliphatic carbocycles. The summed E-state index contributed by atoms with van der Waals surface area (Å²) in [4.78, 5) is 26.2. The van der Waals surface area contributed by atoms with Gasteiger partial charge in [-0.1, -0.05) is 42.5 Å². The van der Waals surface area contributed by atoms with Gasteiger partial charge >= 0.3 is 0 Å². The van der Waals surface area contributed by atoms with Gasteiger partial charge in [0, 0.05) is 26.6 Å². The van der Waals surface area contributed by atoms with E-state index in [9.17, 15) is 9.59 Å². The Labute approximate surface area is 137 Å². The van der Waals surface area contributed by atoms with Gasteiger partial charge in [-0.25, -0.2) is 0 Å². The fraction of sp³-hybridized carbons (Fsp3) is 0.444. The summed E-state index contributed by atoms with van der Waals surface area (Å²) >= 11 is 0. The molecule has 1 atom stereocenters. The fourth-order valence-corrected chi connectivity index (χ4v) is 2.62. The smallest absolute Gasteiger partial charge is 0.245 e. The molecule has 1 N–H and O–H groups in total. The van der Waals surface area contributed by atoms with E-state index < -0.39 is 5.54 Å². The highest BCUT2D eigenvalue weighted by Crippen LogP contribution is 2.31. The Balaban J connectivity index is 1.87. The standard InChI is InChI=1S/C18H24N2O3/c1-18(17(22)19-12-14-23-2)11-13-20(18)16(21)10-6-9-15-7-4-3-5-8-15/h3-9H,10-14H2,1-2H3,(H,19,22)/b9-6+. The van der Waals surface area contributed by atoms with Gasteiger partial charge in [-0.2, -0.15) is 0 Å². The van der Waals surface area contributed by atoms with Crippen LogP contribution in [0.4, 0.5) is 0 Å². The zero-order valence-electron chi connectivity index (χ0n) is 13.7. The van der Waals surface area contributed by atoms with Crippen LogP contribution in [0, 0.1) is 0 Å². The van der Waals surface area contributed by atoms with E-state index in [1.54, 1.807) is 12.0 Å². The van der Waals surface area contributed by atoms with Crippen LogP contribution in [0.15, 0.2) is 36.4 Å². The van der Waals surface area contributed by atoms with Gasteiger partial charge in [0.15, 0.2) is 0 Å². The molecule has 0 spiro atoms. The molecule has 0 radical (unpaired) electrons. The van der Waals surface area contributed by atoms with Crippen LogP contribution in [0.5, 0.6) is 0 Å². The Hall–Kier alpha value is -2.14. The molecular formula is C18H24N2O3. The van der Waals surface area contributed by atoms with Gasteiger partial charge in [0.1, 0.15) is 5.54 Å². The average Bonchev–Trinajstić information content (AvgIpc) is 2.54. The second-order valence-corrected chi connectivity index (χ2v) is 5.84. The maximum Gasteiger partial charge on any atom is 0.245 e. The summed E-state index contributed by atoms with van der Waals surface area (Å²) in [6.45, 7) is 3.38. The van der Waals surface area contributed by atoms with E-state index in [1.807, 2.05) is 49.4 Å². The molecule has 0 bridgehead atoms. The van der Waals surface area contributed by atoms with E-state index in [2.05, 4.69) is 5.32 Å². The molecule has 1 unspecified atom stereocenters. The molecule has 1 aliphatic rings. The lowest BCUT2D eigenvalue weighted by Crippen LogP contribution is -2.67. The molecule has 0 aromatic heterocycles. The third kappa shape index (κ3) is 4.20. The van der Waals surface area contributed by atoms with Gasteiger partial charge in [0.25, 0.3) is 0 Å². The van der Waals surface area contributed by atoms with Crippen molar-refractivity contribution in [2.45, 2.75) is 25.3 Å². The van der Waals surface area contributed by atoms with Crippen LogP contribution in [-0.4, -0.2) is 49.1 Å². The van der Waals surface area contributed by atoms with Crippen molar-refractivity contribution in [3.8, 4) is 0 Å². The van der Waals surface area contributed by atoms with E-state index in [-0.39, 0.29) is 11.8 Å². The van der Waals surface area contributed by atoms with Crippen LogP contribution >= 0.6 is 0 Å². The van der Waals surface area contributed by atoms with Crippen LogP contribution < -0.4 is 5.32 Å². The molecule has 1 heterocycles. The molecule has 1 aromatic rings. The minimum Gasteiger partial charge on any atom is -0.383 e. The Morgan fingerprint density at radius 1 is 1.35 bits per heavy atom.